The van der Waals surface area contributed by atoms with Crippen molar-refractivity contribution in [2.75, 3.05) is 12.3 Å². The Hall–Kier alpha value is -0.722. The fourth-order valence-electron chi connectivity index (χ4n) is 1.32. The zero-order valence-corrected chi connectivity index (χ0v) is 15.3. The Labute approximate surface area is 133 Å². The number of aliphatic carboxylic acids is 1. The maximum atomic E-state index is 11.9. The molecule has 0 aliphatic rings. The molecule has 9 heteroatoms. The quantitative estimate of drug-likeness (QED) is 0.389. The van der Waals surface area contributed by atoms with Gasteiger partial charge in [0, 0.05) is 0 Å². The van der Waals surface area contributed by atoms with Crippen LogP contribution in [0.25, 0.3) is 0 Å². The van der Waals surface area contributed by atoms with Crippen LogP contribution in [-0.2, 0) is 14.4 Å². The molecule has 0 spiro atoms. The van der Waals surface area contributed by atoms with Gasteiger partial charge in [0.05, 0.1) is 0 Å². The molecule has 0 rings (SSSR count). The fraction of sp³-hybridized carbons (Fsp3) is 0.750. The first-order valence-corrected chi connectivity index (χ1v) is 13.6. The third-order valence-electron chi connectivity index (χ3n) is 2.39. The van der Waals surface area contributed by atoms with Crippen molar-refractivity contribution >= 4 is 41.3 Å². The van der Waals surface area contributed by atoms with Gasteiger partial charge >= 0.3 is 133 Å². The summed E-state index contributed by atoms with van der Waals surface area (Å²) in [5.41, 5.74) is 9.84. The molecule has 0 fully saturated rings. The number of carbonyl (C=O) groups is 3. The molecule has 5 N–H and O–H groups in total. The third-order valence-corrected chi connectivity index (χ3v) is 7.58. The Balaban J connectivity index is 4.46. The summed E-state index contributed by atoms with van der Waals surface area (Å²) in [7, 11) is 1.67. The van der Waals surface area contributed by atoms with Crippen LogP contribution in [-0.4, -0.2) is 60.8 Å². The predicted octanol–water partition coefficient (Wildman–Crippen LogP) is -0.216. The number of nitrogens with two attached hydrogens (primary N) is 1. The van der Waals surface area contributed by atoms with Gasteiger partial charge in [0.2, 0.25) is 0 Å². The minimum absolute atomic E-state index is 0.0761. The molecule has 2 atom stereocenters. The van der Waals surface area contributed by atoms with Crippen molar-refractivity contribution in [2.45, 2.75) is 43.3 Å². The van der Waals surface area contributed by atoms with E-state index in [-0.39, 0.29) is 18.4 Å². The molecule has 7 nitrogen and oxygen atoms in total. The number of amides is 2. The normalized spacial score (nSPS) is 13.6. The van der Waals surface area contributed by atoms with Crippen molar-refractivity contribution in [1.82, 2.24) is 10.6 Å². The van der Waals surface area contributed by atoms with Gasteiger partial charge in [-0.2, -0.15) is 0 Å². The summed E-state index contributed by atoms with van der Waals surface area (Å²) in [6, 6.07) is -0.778. The summed E-state index contributed by atoms with van der Waals surface area (Å²) in [4.78, 5) is 34.2. The van der Waals surface area contributed by atoms with Gasteiger partial charge in [0.25, 0.3) is 0 Å². The van der Waals surface area contributed by atoms with E-state index < -0.39 is 38.0 Å². The zero-order chi connectivity index (χ0) is 16.4. The number of nitrogens with one attached hydrogen (secondary N) is 2. The van der Waals surface area contributed by atoms with Crippen molar-refractivity contribution in [3.05, 3.63) is 0 Å². The van der Waals surface area contributed by atoms with Crippen LogP contribution in [0.4, 0.5) is 0 Å². The second-order valence-corrected chi connectivity index (χ2v) is 14.3. The Morgan fingerprint density at radius 1 is 1.33 bits per heavy atom. The average Bonchev–Trinajstić information content (AvgIpc) is 2.38. The molecular formula is C12H24AsN3O4S. The molecule has 0 aliphatic carbocycles. The van der Waals surface area contributed by atoms with Gasteiger partial charge in [-0.1, -0.05) is 0 Å². The molecule has 2 unspecified atom stereocenters. The third kappa shape index (κ3) is 11.6. The van der Waals surface area contributed by atoms with Crippen LogP contribution in [0.5, 0.6) is 0 Å². The molecule has 0 aromatic heterocycles. The predicted molar refractivity (Wildman–Crippen MR) is 85.4 cm³/mol. The molecule has 2 amide bonds. The van der Waals surface area contributed by atoms with Gasteiger partial charge in [-0.15, -0.1) is 0 Å². The molecule has 122 valence electrons. The molecule has 0 aliphatic heterocycles. The fourth-order valence-corrected chi connectivity index (χ4v) is 4.81. The van der Waals surface area contributed by atoms with Crippen LogP contribution >= 0.6 is 10.0 Å². The summed E-state index contributed by atoms with van der Waals surface area (Å²) in [5.74, 6) is -1.36. The van der Waals surface area contributed by atoms with Gasteiger partial charge in [0.15, 0.2) is 0 Å². The summed E-state index contributed by atoms with van der Waals surface area (Å²) in [5, 5.41) is 13.5. The van der Waals surface area contributed by atoms with E-state index in [0.29, 0.717) is 12.2 Å². The van der Waals surface area contributed by atoms with Gasteiger partial charge in [-0.3, -0.25) is 0 Å². The van der Waals surface area contributed by atoms with Crippen LogP contribution < -0.4 is 16.4 Å². The second kappa shape index (κ2) is 10.9. The van der Waals surface area contributed by atoms with E-state index in [1.165, 1.54) is 0 Å². The number of rotatable bonds is 10. The Morgan fingerprint density at radius 3 is 2.43 bits per heavy atom. The first-order valence-electron chi connectivity index (χ1n) is 6.57. The first kappa shape index (κ1) is 20.3. The van der Waals surface area contributed by atoms with Gasteiger partial charge < -0.3 is 0 Å². The summed E-state index contributed by atoms with van der Waals surface area (Å²) >= 11 is -0.998. The van der Waals surface area contributed by atoms with E-state index in [4.69, 9.17) is 10.8 Å². The van der Waals surface area contributed by atoms with Crippen LogP contribution in [0.15, 0.2) is 0 Å². The minimum atomic E-state index is -1.11. The van der Waals surface area contributed by atoms with Crippen LogP contribution in [0.2, 0.25) is 11.4 Å². The molecular weight excluding hydrogens is 357 g/mol. The maximum absolute atomic E-state index is 11.9. The first-order chi connectivity index (χ1) is 9.72. The van der Waals surface area contributed by atoms with Crippen molar-refractivity contribution in [3.8, 4) is 0 Å². The standard InChI is InChI=1S/C12H24AsN3O4S/c1-8(14)4-5-10(17)16-9(7-21-13(2)3)12(20)15-6-11(18)19/h8-9H,4-7,14H2,1-3H3,(H,15,20)(H,16,17)(H,18,19). The molecule has 0 aromatic rings. The number of carboxylic acid groups (broad SMARTS) is 1. The van der Waals surface area contributed by atoms with Gasteiger partial charge in [0.1, 0.15) is 0 Å². The monoisotopic (exact) mass is 381 g/mol. The van der Waals surface area contributed by atoms with E-state index in [2.05, 4.69) is 22.1 Å². The van der Waals surface area contributed by atoms with Crippen molar-refractivity contribution in [2.24, 2.45) is 5.73 Å². The van der Waals surface area contributed by atoms with Crippen molar-refractivity contribution < 1.29 is 19.5 Å². The molecule has 0 radical (unpaired) electrons. The van der Waals surface area contributed by atoms with E-state index in [1.54, 1.807) is 10.0 Å². The Bertz CT molecular complexity index is 366. The van der Waals surface area contributed by atoms with Crippen LogP contribution in [0, 0.1) is 0 Å². The summed E-state index contributed by atoms with van der Waals surface area (Å²) in [6.07, 6.45) is 0.798. The summed E-state index contributed by atoms with van der Waals surface area (Å²) < 4.78 is 0. The van der Waals surface area contributed by atoms with Crippen molar-refractivity contribution in [1.29, 1.82) is 0 Å². The number of hydrogen-bond acceptors (Lipinski definition) is 5. The van der Waals surface area contributed by atoms with Gasteiger partial charge in [-0.05, 0) is 0 Å². The molecule has 0 saturated heterocycles. The zero-order valence-electron chi connectivity index (χ0n) is 12.6. The number of hydrogen-bond donors (Lipinski definition) is 4. The van der Waals surface area contributed by atoms with Crippen molar-refractivity contribution in [3.63, 3.8) is 0 Å². The van der Waals surface area contributed by atoms with Crippen LogP contribution in [0.1, 0.15) is 19.8 Å². The van der Waals surface area contributed by atoms with E-state index in [1.807, 2.05) is 6.92 Å². The Kier molecular flexibility index (Phi) is 10.6. The summed E-state index contributed by atoms with van der Waals surface area (Å²) in [6.45, 7) is 1.36. The molecule has 0 saturated carbocycles. The molecule has 0 aromatic carbocycles. The van der Waals surface area contributed by atoms with E-state index in [9.17, 15) is 14.4 Å². The van der Waals surface area contributed by atoms with Crippen LogP contribution in [0.3, 0.4) is 0 Å². The van der Waals surface area contributed by atoms with E-state index in [0.717, 1.165) is 0 Å². The number of carboxylic acids is 1. The SMILES string of the molecule is CC(N)CCC(=O)NC(CS[As](C)C)C(=O)NCC(=O)O. The van der Waals surface area contributed by atoms with E-state index >= 15 is 0 Å². The molecule has 21 heavy (non-hydrogen) atoms. The Morgan fingerprint density at radius 2 is 1.95 bits per heavy atom. The molecule has 0 heterocycles. The number of carbonyl (C=O) groups excluding carboxylic acids is 2. The van der Waals surface area contributed by atoms with Gasteiger partial charge in [-0.25, -0.2) is 0 Å². The topological polar surface area (TPSA) is 122 Å². The second-order valence-electron chi connectivity index (χ2n) is 4.86. The average molecular weight is 381 g/mol. The molecule has 0 bridgehead atoms.